The molecule has 0 bridgehead atoms. The van der Waals surface area contributed by atoms with E-state index in [0.29, 0.717) is 0 Å². The van der Waals surface area contributed by atoms with Crippen LogP contribution in [0.15, 0.2) is 53.1 Å². The molecule has 1 N–H and O–H groups in total. The summed E-state index contributed by atoms with van der Waals surface area (Å²) in [5, 5.41) is 9.95. The highest BCUT2D eigenvalue weighted by atomic mass is 79.9. The maximum atomic E-state index is 9.95. The highest BCUT2D eigenvalue weighted by Crippen LogP contribution is 2.23. The minimum Gasteiger partial charge on any atom is -0.507 e. The predicted octanol–water partition coefficient (Wildman–Crippen LogP) is 3.90. The Labute approximate surface area is 102 Å². The topological polar surface area (TPSA) is 33.1 Å². The third-order valence-electron chi connectivity index (χ3n) is 2.12. The molecule has 0 atom stereocenters. The van der Waals surface area contributed by atoms with Crippen molar-refractivity contribution >= 4 is 27.8 Å². The van der Waals surface area contributed by atoms with Gasteiger partial charge in [0.1, 0.15) is 5.76 Å². The number of rotatable bonds is 2. The molecule has 0 aliphatic rings. The van der Waals surface area contributed by atoms with Crippen LogP contribution in [0.5, 0.6) is 0 Å². The molecule has 0 amide bonds. The van der Waals surface area contributed by atoms with E-state index in [0.717, 1.165) is 15.7 Å². The van der Waals surface area contributed by atoms with Crippen LogP contribution in [0.2, 0.25) is 0 Å². The Morgan fingerprint density at radius 3 is 2.56 bits per heavy atom. The molecule has 0 unspecified atom stereocenters. The van der Waals surface area contributed by atoms with Gasteiger partial charge in [0.05, 0.1) is 5.69 Å². The molecular weight excluding hydrogens is 266 g/mol. The van der Waals surface area contributed by atoms with Gasteiger partial charge in [0.2, 0.25) is 0 Å². The summed E-state index contributed by atoms with van der Waals surface area (Å²) in [6.07, 6.45) is 3.33. The zero-order chi connectivity index (χ0) is 11.4. The second kappa shape index (κ2) is 4.94. The van der Waals surface area contributed by atoms with Crippen LogP contribution in [0.4, 0.5) is 0 Å². The summed E-state index contributed by atoms with van der Waals surface area (Å²) in [6, 6.07) is 13.1. The quantitative estimate of drug-likeness (QED) is 0.844. The maximum absolute atomic E-state index is 9.95. The lowest BCUT2D eigenvalue weighted by molar-refractivity contribution is 0.515. The van der Waals surface area contributed by atoms with Crippen molar-refractivity contribution in [2.45, 2.75) is 0 Å². The number of hydrogen-bond donors (Lipinski definition) is 1. The third-order valence-corrected chi connectivity index (χ3v) is 2.81. The first-order valence-corrected chi connectivity index (χ1v) is 5.63. The van der Waals surface area contributed by atoms with Crippen LogP contribution in [-0.2, 0) is 0 Å². The van der Waals surface area contributed by atoms with Gasteiger partial charge < -0.3 is 5.11 Å². The van der Waals surface area contributed by atoms with Crippen molar-refractivity contribution in [3.8, 4) is 0 Å². The van der Waals surface area contributed by atoms with Gasteiger partial charge in [-0.3, -0.25) is 4.98 Å². The standard InChI is InChI=1S/C13H10BrNO/c14-12-7-2-1-6-11(12)13(16)9-10-5-3-4-8-15-10/h1-9,16H/b13-9+. The summed E-state index contributed by atoms with van der Waals surface area (Å²) < 4.78 is 0.861. The lowest BCUT2D eigenvalue weighted by Gasteiger charge is -2.02. The second-order valence-electron chi connectivity index (χ2n) is 3.26. The number of nitrogens with zero attached hydrogens (tertiary/aromatic N) is 1. The van der Waals surface area contributed by atoms with Gasteiger partial charge >= 0.3 is 0 Å². The van der Waals surface area contributed by atoms with Crippen LogP contribution in [0, 0.1) is 0 Å². The highest BCUT2D eigenvalue weighted by molar-refractivity contribution is 9.10. The van der Waals surface area contributed by atoms with Crippen LogP contribution < -0.4 is 0 Å². The molecule has 1 aromatic heterocycles. The van der Waals surface area contributed by atoms with Crippen LogP contribution in [0.3, 0.4) is 0 Å². The Bertz CT molecular complexity index is 508. The number of halogens is 1. The fourth-order valence-corrected chi connectivity index (χ4v) is 1.84. The molecule has 3 heteroatoms. The first-order valence-electron chi connectivity index (χ1n) is 4.84. The van der Waals surface area contributed by atoms with Gasteiger partial charge in [-0.05, 0) is 18.2 Å². The van der Waals surface area contributed by atoms with Gasteiger partial charge in [0, 0.05) is 22.3 Å². The zero-order valence-electron chi connectivity index (χ0n) is 8.47. The van der Waals surface area contributed by atoms with Crippen molar-refractivity contribution in [2.75, 3.05) is 0 Å². The van der Waals surface area contributed by atoms with Crippen molar-refractivity contribution < 1.29 is 5.11 Å². The highest BCUT2D eigenvalue weighted by Gasteiger charge is 2.03. The third kappa shape index (κ3) is 2.49. The smallest absolute Gasteiger partial charge is 0.126 e. The summed E-state index contributed by atoms with van der Waals surface area (Å²) in [7, 11) is 0. The SMILES string of the molecule is O/C(=C/c1ccccn1)c1ccccc1Br. The zero-order valence-corrected chi connectivity index (χ0v) is 10.1. The van der Waals surface area contributed by atoms with E-state index in [4.69, 9.17) is 0 Å². The Morgan fingerprint density at radius 1 is 1.12 bits per heavy atom. The van der Waals surface area contributed by atoms with Crippen molar-refractivity contribution in [2.24, 2.45) is 0 Å². The molecule has 0 radical (unpaired) electrons. The van der Waals surface area contributed by atoms with Crippen LogP contribution in [-0.4, -0.2) is 10.1 Å². The Hall–Kier alpha value is -1.61. The van der Waals surface area contributed by atoms with Gasteiger partial charge in [-0.15, -0.1) is 0 Å². The number of aliphatic hydroxyl groups excluding tert-OH is 1. The van der Waals surface area contributed by atoms with Crippen molar-refractivity contribution in [3.05, 3.63) is 64.4 Å². The average molecular weight is 276 g/mol. The number of benzene rings is 1. The number of pyridine rings is 1. The second-order valence-corrected chi connectivity index (χ2v) is 4.12. The molecular formula is C13H10BrNO. The molecule has 0 fully saturated rings. The van der Waals surface area contributed by atoms with Gasteiger partial charge in [-0.25, -0.2) is 0 Å². The molecule has 0 spiro atoms. The lowest BCUT2D eigenvalue weighted by Crippen LogP contribution is -1.86. The van der Waals surface area contributed by atoms with E-state index in [9.17, 15) is 5.11 Å². The molecule has 0 saturated heterocycles. The van der Waals surface area contributed by atoms with E-state index in [2.05, 4.69) is 20.9 Å². The lowest BCUT2D eigenvalue weighted by atomic mass is 10.1. The monoisotopic (exact) mass is 275 g/mol. The minimum absolute atomic E-state index is 0.200. The molecule has 2 rings (SSSR count). The fourth-order valence-electron chi connectivity index (χ4n) is 1.35. The van der Waals surface area contributed by atoms with E-state index in [1.54, 1.807) is 12.3 Å². The van der Waals surface area contributed by atoms with Crippen molar-refractivity contribution in [3.63, 3.8) is 0 Å². The predicted molar refractivity (Wildman–Crippen MR) is 68.9 cm³/mol. The molecule has 1 heterocycles. The van der Waals surface area contributed by atoms with Crippen molar-refractivity contribution in [1.29, 1.82) is 0 Å². The minimum atomic E-state index is 0.200. The van der Waals surface area contributed by atoms with Gasteiger partial charge in [0.15, 0.2) is 0 Å². The molecule has 2 nitrogen and oxygen atoms in total. The Balaban J connectivity index is 2.36. The van der Waals surface area contributed by atoms with E-state index >= 15 is 0 Å². The number of aromatic nitrogens is 1. The fraction of sp³-hybridized carbons (Fsp3) is 0. The van der Waals surface area contributed by atoms with Crippen LogP contribution >= 0.6 is 15.9 Å². The summed E-state index contributed by atoms with van der Waals surface area (Å²) in [5.74, 6) is 0.200. The largest absolute Gasteiger partial charge is 0.507 e. The van der Waals surface area contributed by atoms with E-state index in [1.165, 1.54) is 0 Å². The normalized spacial score (nSPS) is 11.4. The summed E-state index contributed by atoms with van der Waals surface area (Å²) in [6.45, 7) is 0. The van der Waals surface area contributed by atoms with Crippen LogP contribution in [0.25, 0.3) is 11.8 Å². The van der Waals surface area contributed by atoms with Gasteiger partial charge in [-0.1, -0.05) is 40.2 Å². The average Bonchev–Trinajstić information content (AvgIpc) is 2.31. The van der Waals surface area contributed by atoms with E-state index in [-0.39, 0.29) is 5.76 Å². The molecule has 0 aliphatic carbocycles. The number of aliphatic hydroxyl groups is 1. The van der Waals surface area contributed by atoms with Gasteiger partial charge in [-0.2, -0.15) is 0 Å². The Kier molecular flexibility index (Phi) is 3.37. The summed E-state index contributed by atoms with van der Waals surface area (Å²) in [4.78, 5) is 4.12. The summed E-state index contributed by atoms with van der Waals surface area (Å²) in [5.41, 5.74) is 1.49. The molecule has 0 saturated carbocycles. The first kappa shape index (κ1) is 10.9. The molecule has 2 aromatic rings. The first-order chi connectivity index (χ1) is 7.77. The molecule has 1 aromatic carbocycles. The molecule has 80 valence electrons. The van der Waals surface area contributed by atoms with Crippen LogP contribution in [0.1, 0.15) is 11.3 Å². The van der Waals surface area contributed by atoms with Crippen molar-refractivity contribution in [1.82, 2.24) is 4.98 Å². The van der Waals surface area contributed by atoms with E-state index < -0.39 is 0 Å². The Morgan fingerprint density at radius 2 is 1.88 bits per heavy atom. The number of hydrogen-bond acceptors (Lipinski definition) is 2. The molecule has 16 heavy (non-hydrogen) atoms. The maximum Gasteiger partial charge on any atom is 0.126 e. The molecule has 0 aliphatic heterocycles. The van der Waals surface area contributed by atoms with E-state index in [1.807, 2.05) is 42.5 Å². The van der Waals surface area contributed by atoms with Gasteiger partial charge in [0.25, 0.3) is 0 Å². The summed E-state index contributed by atoms with van der Waals surface area (Å²) >= 11 is 3.39.